The van der Waals surface area contributed by atoms with Crippen molar-refractivity contribution in [1.29, 1.82) is 0 Å². The molecule has 0 aliphatic carbocycles. The number of anilines is 2. The molecule has 143 valence electrons. The number of nitrogens with one attached hydrogen (secondary N) is 2. The van der Waals surface area contributed by atoms with Gasteiger partial charge in [0, 0.05) is 11.4 Å². The molecular formula is C19H18AgClN4O2+. The van der Waals surface area contributed by atoms with Gasteiger partial charge in [-0.05, 0) is 24.3 Å². The van der Waals surface area contributed by atoms with Crippen molar-refractivity contribution in [2.45, 2.75) is 13.1 Å². The van der Waals surface area contributed by atoms with Gasteiger partial charge in [0.15, 0.2) is 13.1 Å². The molecule has 0 aliphatic rings. The first-order chi connectivity index (χ1) is 12.2. The second kappa shape index (κ2) is 11.4. The largest absolute Gasteiger partial charge is 1.00 e. The summed E-state index contributed by atoms with van der Waals surface area (Å²) in [7, 11) is 0. The molecule has 3 rings (SSSR count). The smallest absolute Gasteiger partial charge is 1.00 e. The van der Waals surface area contributed by atoms with Crippen molar-refractivity contribution in [3.63, 3.8) is 0 Å². The Balaban J connectivity index is 0.00000182. The summed E-state index contributed by atoms with van der Waals surface area (Å²) in [6.45, 7) is 0.254. The topological polar surface area (TPSA) is 67.0 Å². The summed E-state index contributed by atoms with van der Waals surface area (Å²) >= 11 is 0. The number of hydrogen-bond acceptors (Lipinski definition) is 2. The molecule has 27 heavy (non-hydrogen) atoms. The van der Waals surface area contributed by atoms with Gasteiger partial charge in [0.1, 0.15) is 12.4 Å². The van der Waals surface area contributed by atoms with E-state index in [2.05, 4.69) is 17.0 Å². The molecule has 0 unspecified atom stereocenters. The first-order valence-electron chi connectivity index (χ1n) is 7.87. The zero-order valence-corrected chi connectivity index (χ0v) is 16.5. The summed E-state index contributed by atoms with van der Waals surface area (Å²) < 4.78 is 3.21. The zero-order valence-electron chi connectivity index (χ0n) is 14.2. The zero-order chi connectivity index (χ0) is 17.5. The first kappa shape index (κ1) is 22.7. The van der Waals surface area contributed by atoms with Crippen LogP contribution in [0.2, 0.25) is 0 Å². The number of rotatable bonds is 6. The maximum Gasteiger partial charge on any atom is 1.00 e. The second-order valence-electron chi connectivity index (χ2n) is 5.48. The van der Waals surface area contributed by atoms with Gasteiger partial charge in [0.05, 0.1) is 0 Å². The monoisotopic (exact) mass is 476 g/mol. The number of aromatic nitrogens is 2. The van der Waals surface area contributed by atoms with Crippen molar-refractivity contribution >= 4 is 23.2 Å². The summed E-state index contributed by atoms with van der Waals surface area (Å²) in [5.41, 5.74) is 1.49. The fourth-order valence-electron chi connectivity index (χ4n) is 2.32. The van der Waals surface area contributed by atoms with Gasteiger partial charge in [-0.3, -0.25) is 9.59 Å². The Morgan fingerprint density at radius 1 is 0.889 bits per heavy atom. The van der Waals surface area contributed by atoms with Gasteiger partial charge >= 0.3 is 28.7 Å². The van der Waals surface area contributed by atoms with E-state index in [1.165, 1.54) is 0 Å². The van der Waals surface area contributed by atoms with Crippen LogP contribution in [-0.4, -0.2) is 16.4 Å². The Morgan fingerprint density at radius 2 is 1.41 bits per heavy atom. The van der Waals surface area contributed by atoms with Crippen LogP contribution in [0.1, 0.15) is 0 Å². The molecule has 0 bridgehead atoms. The Kier molecular flexibility index (Phi) is 9.53. The van der Waals surface area contributed by atoms with Crippen molar-refractivity contribution in [3.05, 3.63) is 79.4 Å². The summed E-state index contributed by atoms with van der Waals surface area (Å²) in [4.78, 5) is 24.0. The normalized spacial score (nSPS) is 9.48. The van der Waals surface area contributed by atoms with E-state index in [4.69, 9.17) is 0 Å². The average molecular weight is 478 g/mol. The third-order valence-corrected chi connectivity index (χ3v) is 3.43. The quantitative estimate of drug-likeness (QED) is 0.348. The standard InChI is InChI=1S/C19H18N4O2.Ag.ClH/c24-18(20-16-7-3-1-4-8-16)13-22-11-12-23(15-22)14-19(25)21-17-9-5-2-6-10-17;;/h1-12H,13-14H2,(H,20,24)(H,21,25);;1H/q2*+1;/p-1. The van der Waals surface area contributed by atoms with Crippen molar-refractivity contribution < 1.29 is 48.9 Å². The molecule has 3 aromatic rings. The molecule has 2 amide bonds. The predicted octanol–water partition coefficient (Wildman–Crippen LogP) is -1.15. The molecule has 0 aliphatic heterocycles. The van der Waals surface area contributed by atoms with Gasteiger partial charge in [-0.2, -0.15) is 0 Å². The van der Waals surface area contributed by atoms with Crippen molar-refractivity contribution in [2.24, 2.45) is 0 Å². The molecule has 0 saturated carbocycles. The van der Waals surface area contributed by atoms with Crippen LogP contribution in [0.25, 0.3) is 0 Å². The van der Waals surface area contributed by atoms with E-state index in [1.807, 2.05) is 60.7 Å². The minimum absolute atomic E-state index is 0. The van der Waals surface area contributed by atoms with Gasteiger partial charge in [0.25, 0.3) is 11.8 Å². The van der Waals surface area contributed by atoms with Gasteiger partial charge in [-0.1, -0.05) is 36.4 Å². The fourth-order valence-corrected chi connectivity index (χ4v) is 2.32. The minimum Gasteiger partial charge on any atom is -1.00 e. The SMILES string of the molecule is O=C(Cn1[c][n+](CC(=O)Nc2ccccc2)cc1)Nc1ccccc1.[Ag+].[Cl-]. The van der Waals surface area contributed by atoms with Crippen LogP contribution in [0.5, 0.6) is 0 Å². The van der Waals surface area contributed by atoms with Crippen LogP contribution >= 0.6 is 0 Å². The summed E-state index contributed by atoms with van der Waals surface area (Å²) in [5.74, 6) is -0.308. The molecule has 0 saturated heterocycles. The molecule has 0 atom stereocenters. The fraction of sp³-hybridized carbons (Fsp3) is 0.105. The van der Waals surface area contributed by atoms with Gasteiger partial charge in [-0.15, -0.1) is 0 Å². The van der Waals surface area contributed by atoms with Crippen molar-refractivity contribution in [2.75, 3.05) is 10.6 Å². The molecule has 2 N–H and O–H groups in total. The summed E-state index contributed by atoms with van der Waals surface area (Å²) in [6.07, 6.45) is 6.38. The predicted molar refractivity (Wildman–Crippen MR) is 93.6 cm³/mol. The summed E-state index contributed by atoms with van der Waals surface area (Å²) in [6, 6.07) is 18.5. The van der Waals surface area contributed by atoms with E-state index < -0.39 is 0 Å². The molecule has 1 aromatic heterocycles. The van der Waals surface area contributed by atoms with E-state index >= 15 is 0 Å². The van der Waals surface area contributed by atoms with E-state index in [-0.39, 0.29) is 59.7 Å². The third kappa shape index (κ3) is 7.40. The van der Waals surface area contributed by atoms with E-state index in [0.717, 1.165) is 11.4 Å². The maximum atomic E-state index is 12.0. The molecular weight excluding hydrogens is 460 g/mol. The number of imidazole rings is 1. The average Bonchev–Trinajstić information content (AvgIpc) is 3.03. The number of halogens is 1. The first-order valence-corrected chi connectivity index (χ1v) is 7.87. The van der Waals surface area contributed by atoms with E-state index in [0.29, 0.717) is 0 Å². The van der Waals surface area contributed by atoms with Crippen LogP contribution < -0.4 is 27.6 Å². The number of benzene rings is 2. The van der Waals surface area contributed by atoms with Crippen molar-refractivity contribution in [3.8, 4) is 0 Å². The Hall–Kier alpha value is -2.38. The van der Waals surface area contributed by atoms with E-state index in [1.54, 1.807) is 21.5 Å². The van der Waals surface area contributed by atoms with Gasteiger partial charge in [-0.25, -0.2) is 9.13 Å². The number of carbonyl (C=O) groups is 2. The molecule has 6 nitrogen and oxygen atoms in total. The van der Waals surface area contributed by atoms with Crippen LogP contribution in [0, 0.1) is 6.33 Å². The number of carbonyl (C=O) groups excluding carboxylic acids is 2. The van der Waals surface area contributed by atoms with Gasteiger partial charge < -0.3 is 23.0 Å². The number of para-hydroxylation sites is 2. The Morgan fingerprint density at radius 3 is 1.96 bits per heavy atom. The van der Waals surface area contributed by atoms with Crippen LogP contribution in [0.3, 0.4) is 0 Å². The van der Waals surface area contributed by atoms with Gasteiger partial charge in [0.2, 0.25) is 0 Å². The van der Waals surface area contributed by atoms with Crippen LogP contribution in [0.15, 0.2) is 73.1 Å². The number of amides is 2. The minimum atomic E-state index is -0.154. The van der Waals surface area contributed by atoms with Crippen LogP contribution in [-0.2, 0) is 45.1 Å². The van der Waals surface area contributed by atoms with Crippen LogP contribution in [0.4, 0.5) is 11.4 Å². The molecule has 1 radical (unpaired) electrons. The molecule has 2 aromatic carbocycles. The molecule has 0 fully saturated rings. The summed E-state index contributed by atoms with van der Waals surface area (Å²) in [5, 5.41) is 5.61. The van der Waals surface area contributed by atoms with E-state index in [9.17, 15) is 9.59 Å². The Labute approximate surface area is 179 Å². The van der Waals surface area contributed by atoms with Crippen molar-refractivity contribution in [1.82, 2.24) is 4.57 Å². The maximum absolute atomic E-state index is 12.0. The molecule has 0 spiro atoms. The Bertz CT molecular complexity index is 786. The number of nitrogens with zero attached hydrogens (tertiary/aromatic N) is 2. The molecule has 1 heterocycles. The molecule has 8 heteroatoms. The third-order valence-electron chi connectivity index (χ3n) is 3.43. The second-order valence-corrected chi connectivity index (χ2v) is 5.48. The number of hydrogen-bond donors (Lipinski definition) is 2.